The summed E-state index contributed by atoms with van der Waals surface area (Å²) in [6, 6.07) is 25.5. The first kappa shape index (κ1) is 28.8. The SMILES string of the molecule is N=C(N)NCCC[C@@H]1N[C@H](CNC(=O)c2ccc3[nH]cnc3c2)CCN(CC(c2ccccc2)c2ccccc2)C1=O. The molecular weight excluding hydrogens is 528 g/mol. The summed E-state index contributed by atoms with van der Waals surface area (Å²) in [5.74, 6) is -0.180. The summed E-state index contributed by atoms with van der Waals surface area (Å²) in [7, 11) is 0. The van der Waals surface area contributed by atoms with Crippen molar-refractivity contribution >= 4 is 28.8 Å². The smallest absolute Gasteiger partial charge is 0.251 e. The number of hydrogen-bond acceptors (Lipinski definition) is 5. The molecule has 2 atom stereocenters. The highest BCUT2D eigenvalue weighted by Crippen LogP contribution is 2.27. The average Bonchev–Trinajstić information content (AvgIpc) is 3.43. The number of imidazole rings is 1. The molecule has 5 rings (SSSR count). The topological polar surface area (TPSA) is 152 Å². The molecule has 0 unspecified atom stereocenters. The van der Waals surface area contributed by atoms with Gasteiger partial charge in [-0.2, -0.15) is 0 Å². The number of guanidine groups is 1. The largest absolute Gasteiger partial charge is 0.370 e. The van der Waals surface area contributed by atoms with E-state index in [-0.39, 0.29) is 29.7 Å². The maximum Gasteiger partial charge on any atom is 0.251 e. The lowest BCUT2D eigenvalue weighted by Gasteiger charge is -2.29. The minimum atomic E-state index is -0.421. The second kappa shape index (κ2) is 13.8. The van der Waals surface area contributed by atoms with Gasteiger partial charge in [0.1, 0.15) is 0 Å². The molecule has 2 amide bonds. The zero-order valence-electron chi connectivity index (χ0n) is 23.6. The highest BCUT2D eigenvalue weighted by atomic mass is 16.2. The van der Waals surface area contributed by atoms with Crippen molar-refractivity contribution in [3.8, 4) is 0 Å². The summed E-state index contributed by atoms with van der Waals surface area (Å²) in [5, 5.41) is 16.8. The van der Waals surface area contributed by atoms with Crippen LogP contribution >= 0.6 is 0 Å². The fourth-order valence-corrected chi connectivity index (χ4v) is 5.55. The number of H-pyrrole nitrogens is 1. The Labute approximate surface area is 245 Å². The maximum atomic E-state index is 14.0. The minimum Gasteiger partial charge on any atom is -0.370 e. The van der Waals surface area contributed by atoms with Gasteiger partial charge in [-0.05, 0) is 48.6 Å². The molecule has 3 aromatic carbocycles. The molecule has 0 spiro atoms. The zero-order valence-corrected chi connectivity index (χ0v) is 23.6. The van der Waals surface area contributed by atoms with Crippen molar-refractivity contribution in [3.63, 3.8) is 0 Å². The number of nitrogens with two attached hydrogens (primary N) is 1. The van der Waals surface area contributed by atoms with E-state index >= 15 is 0 Å². The molecule has 1 aliphatic rings. The van der Waals surface area contributed by atoms with E-state index in [9.17, 15) is 9.59 Å². The van der Waals surface area contributed by atoms with E-state index in [0.29, 0.717) is 51.0 Å². The van der Waals surface area contributed by atoms with Crippen LogP contribution < -0.4 is 21.7 Å². The van der Waals surface area contributed by atoms with Crippen molar-refractivity contribution in [2.24, 2.45) is 5.73 Å². The average molecular weight is 567 g/mol. The highest BCUT2D eigenvalue weighted by molar-refractivity contribution is 5.97. The van der Waals surface area contributed by atoms with Gasteiger partial charge in [-0.1, -0.05) is 60.7 Å². The molecule has 4 aromatic rings. The second-order valence-corrected chi connectivity index (χ2v) is 10.7. The van der Waals surface area contributed by atoms with Gasteiger partial charge in [-0.15, -0.1) is 0 Å². The summed E-state index contributed by atoms with van der Waals surface area (Å²) in [6.45, 7) is 2.03. The van der Waals surface area contributed by atoms with Gasteiger partial charge in [0.05, 0.1) is 23.4 Å². The second-order valence-electron chi connectivity index (χ2n) is 10.7. The number of carbonyl (C=O) groups excluding carboxylic acids is 2. The number of aromatic nitrogens is 2. The number of rotatable bonds is 11. The van der Waals surface area contributed by atoms with Gasteiger partial charge in [0.15, 0.2) is 5.96 Å². The summed E-state index contributed by atoms with van der Waals surface area (Å²) in [4.78, 5) is 36.2. The molecule has 10 nitrogen and oxygen atoms in total. The number of carbonyl (C=O) groups is 2. The Morgan fingerprint density at radius 1 is 1.05 bits per heavy atom. The van der Waals surface area contributed by atoms with Crippen molar-refractivity contribution in [3.05, 3.63) is 102 Å². The van der Waals surface area contributed by atoms with Crippen molar-refractivity contribution in [2.75, 3.05) is 26.2 Å². The molecule has 1 aromatic heterocycles. The molecule has 1 saturated heterocycles. The van der Waals surface area contributed by atoms with Gasteiger partial charge in [-0.25, -0.2) is 4.98 Å². The fraction of sp³-hybridized carbons (Fsp3) is 0.312. The first-order valence-electron chi connectivity index (χ1n) is 14.4. The van der Waals surface area contributed by atoms with Crippen LogP contribution in [0, 0.1) is 5.41 Å². The van der Waals surface area contributed by atoms with E-state index in [2.05, 4.69) is 50.2 Å². The Bertz CT molecular complexity index is 1450. The number of aromatic amines is 1. The Hall–Kier alpha value is -4.70. The molecule has 42 heavy (non-hydrogen) atoms. The normalized spacial score (nSPS) is 17.3. The van der Waals surface area contributed by atoms with Crippen molar-refractivity contribution in [2.45, 2.75) is 37.3 Å². The third kappa shape index (κ3) is 7.32. The van der Waals surface area contributed by atoms with Crippen LogP contribution in [0.25, 0.3) is 11.0 Å². The van der Waals surface area contributed by atoms with Crippen LogP contribution in [0.3, 0.4) is 0 Å². The standard InChI is InChI=1S/C32H38N8O2/c33-32(34)35-16-7-12-28-31(42)40(20-26(22-8-3-1-4-9-22)23-10-5-2-6-11-23)17-15-25(39-28)19-36-30(41)24-13-14-27-29(18-24)38-21-37-27/h1-6,8-11,13-14,18,21,25-26,28,39H,7,12,15-17,19-20H2,(H,36,41)(H,37,38)(H4,33,34,35)/t25-,28-/m0/s1. The highest BCUT2D eigenvalue weighted by Gasteiger charge is 2.32. The van der Waals surface area contributed by atoms with Gasteiger partial charge in [0.25, 0.3) is 5.91 Å². The molecule has 1 fully saturated rings. The van der Waals surface area contributed by atoms with E-state index < -0.39 is 6.04 Å². The summed E-state index contributed by atoms with van der Waals surface area (Å²) < 4.78 is 0. The molecule has 7 N–H and O–H groups in total. The number of hydrogen-bond donors (Lipinski definition) is 6. The summed E-state index contributed by atoms with van der Waals surface area (Å²) >= 11 is 0. The predicted octanol–water partition coefficient (Wildman–Crippen LogP) is 2.95. The van der Waals surface area contributed by atoms with Crippen LogP contribution in [0.5, 0.6) is 0 Å². The molecule has 0 bridgehead atoms. The van der Waals surface area contributed by atoms with Crippen molar-refractivity contribution < 1.29 is 9.59 Å². The Morgan fingerprint density at radius 3 is 2.45 bits per heavy atom. The zero-order chi connectivity index (χ0) is 29.3. The van der Waals surface area contributed by atoms with Crippen LogP contribution in [-0.4, -0.2) is 70.9 Å². The lowest BCUT2D eigenvalue weighted by molar-refractivity contribution is -0.133. The molecule has 0 aliphatic carbocycles. The lowest BCUT2D eigenvalue weighted by atomic mass is 9.90. The quantitative estimate of drug-likeness (QED) is 0.0933. The third-order valence-electron chi connectivity index (χ3n) is 7.78. The van der Waals surface area contributed by atoms with Gasteiger partial charge in [0, 0.05) is 43.7 Å². The lowest BCUT2D eigenvalue weighted by Crippen LogP contribution is -2.49. The Morgan fingerprint density at radius 2 is 1.76 bits per heavy atom. The summed E-state index contributed by atoms with van der Waals surface area (Å²) in [5.41, 5.74) is 9.93. The van der Waals surface area contributed by atoms with Crippen LogP contribution in [0.15, 0.2) is 85.2 Å². The van der Waals surface area contributed by atoms with E-state index in [1.807, 2.05) is 47.4 Å². The van der Waals surface area contributed by atoms with Crippen LogP contribution in [0.2, 0.25) is 0 Å². The molecule has 2 heterocycles. The molecular formula is C32H38N8O2. The Balaban J connectivity index is 1.30. The van der Waals surface area contributed by atoms with Gasteiger partial charge < -0.3 is 31.6 Å². The van der Waals surface area contributed by atoms with Crippen molar-refractivity contribution in [1.82, 2.24) is 30.8 Å². The van der Waals surface area contributed by atoms with Crippen LogP contribution in [-0.2, 0) is 4.79 Å². The number of nitrogens with zero attached hydrogens (tertiary/aromatic N) is 2. The number of nitrogens with one attached hydrogen (secondary N) is 5. The number of fused-ring (bicyclic) bond motifs is 1. The summed E-state index contributed by atoms with van der Waals surface area (Å²) in [6.07, 6.45) is 3.55. The van der Waals surface area contributed by atoms with Gasteiger partial charge in [0.2, 0.25) is 5.91 Å². The first-order valence-corrected chi connectivity index (χ1v) is 14.4. The van der Waals surface area contributed by atoms with Crippen LogP contribution in [0.1, 0.15) is 46.7 Å². The number of amides is 2. The van der Waals surface area contributed by atoms with Gasteiger partial charge in [-0.3, -0.25) is 15.0 Å². The van der Waals surface area contributed by atoms with Crippen molar-refractivity contribution in [1.29, 1.82) is 5.41 Å². The van der Waals surface area contributed by atoms with E-state index in [4.69, 9.17) is 11.1 Å². The first-order chi connectivity index (χ1) is 20.5. The van der Waals surface area contributed by atoms with Crippen LogP contribution in [0.4, 0.5) is 0 Å². The molecule has 218 valence electrons. The number of benzene rings is 3. The molecule has 0 saturated carbocycles. The monoisotopic (exact) mass is 566 g/mol. The Kier molecular flexibility index (Phi) is 9.45. The van der Waals surface area contributed by atoms with E-state index in [0.717, 1.165) is 22.2 Å². The van der Waals surface area contributed by atoms with E-state index in [1.54, 1.807) is 18.5 Å². The predicted molar refractivity (Wildman–Crippen MR) is 164 cm³/mol. The molecule has 10 heteroatoms. The molecule has 1 aliphatic heterocycles. The van der Waals surface area contributed by atoms with Gasteiger partial charge >= 0.3 is 0 Å². The fourth-order valence-electron chi connectivity index (χ4n) is 5.55. The minimum absolute atomic E-state index is 0.0320. The molecule has 0 radical (unpaired) electrons. The van der Waals surface area contributed by atoms with E-state index in [1.165, 1.54) is 0 Å². The maximum absolute atomic E-state index is 14.0. The third-order valence-corrected chi connectivity index (χ3v) is 7.78.